The van der Waals surface area contributed by atoms with Gasteiger partial charge in [0.15, 0.2) is 0 Å². The Balaban J connectivity index is 2.54. The quantitative estimate of drug-likeness (QED) is 0.435. The molecule has 0 saturated heterocycles. The minimum absolute atomic E-state index is 0.319. The van der Waals surface area contributed by atoms with Crippen LogP contribution in [0.3, 0.4) is 0 Å². The highest BCUT2D eigenvalue weighted by atomic mass is 16.3. The summed E-state index contributed by atoms with van der Waals surface area (Å²) in [5, 5.41) is 10.5. The standard InChI is InChI=1S/C6H10O/c1-5-3-2-4-6(5)7/h4-5,7H,2-3H2,1H3/p-1. The van der Waals surface area contributed by atoms with Crippen molar-refractivity contribution >= 4 is 0 Å². The van der Waals surface area contributed by atoms with E-state index in [1.807, 2.05) is 6.92 Å². The summed E-state index contributed by atoms with van der Waals surface area (Å²) in [5.41, 5.74) is 0. The Morgan fingerprint density at radius 1 is 1.86 bits per heavy atom. The molecule has 1 aliphatic carbocycles. The van der Waals surface area contributed by atoms with Crippen LogP contribution in [0.2, 0.25) is 0 Å². The fraction of sp³-hybridized carbons (Fsp3) is 0.667. The zero-order valence-electron chi connectivity index (χ0n) is 4.48. The third-order valence-electron chi connectivity index (χ3n) is 1.43. The Hall–Kier alpha value is -0.460. The maximum absolute atomic E-state index is 10.5. The van der Waals surface area contributed by atoms with Crippen LogP contribution in [-0.2, 0) is 0 Å². The summed E-state index contributed by atoms with van der Waals surface area (Å²) in [7, 11) is 0. The second kappa shape index (κ2) is 1.57. The van der Waals surface area contributed by atoms with Crippen LogP contribution in [-0.4, -0.2) is 0 Å². The Kier molecular flexibility index (Phi) is 1.05. The highest BCUT2D eigenvalue weighted by Gasteiger charge is 2.03. The SMILES string of the molecule is CC1CCC=C1[O-]. The van der Waals surface area contributed by atoms with E-state index in [4.69, 9.17) is 0 Å². The summed E-state index contributed by atoms with van der Waals surface area (Å²) in [6.45, 7) is 1.98. The van der Waals surface area contributed by atoms with Crippen molar-refractivity contribution in [3.63, 3.8) is 0 Å². The molecule has 0 fully saturated rings. The summed E-state index contributed by atoms with van der Waals surface area (Å²) in [4.78, 5) is 0. The minimum Gasteiger partial charge on any atom is -0.875 e. The predicted molar refractivity (Wildman–Crippen MR) is 26.5 cm³/mol. The van der Waals surface area contributed by atoms with Crippen molar-refractivity contribution in [2.75, 3.05) is 0 Å². The van der Waals surface area contributed by atoms with Crippen LogP contribution < -0.4 is 5.11 Å². The van der Waals surface area contributed by atoms with Crippen LogP contribution in [0, 0.1) is 5.92 Å². The molecule has 0 amide bonds. The molecule has 0 bridgehead atoms. The monoisotopic (exact) mass is 97.1 g/mol. The summed E-state index contributed by atoms with van der Waals surface area (Å²) in [6, 6.07) is 0. The van der Waals surface area contributed by atoms with Crippen LogP contribution in [0.25, 0.3) is 0 Å². The fourth-order valence-electron chi connectivity index (χ4n) is 0.819. The Labute approximate surface area is 43.7 Å². The molecule has 0 radical (unpaired) electrons. The predicted octanol–water partition coefficient (Wildman–Crippen LogP) is 0.660. The topological polar surface area (TPSA) is 23.1 Å². The molecule has 0 aromatic rings. The number of allylic oxidation sites excluding steroid dienone is 2. The number of hydrogen-bond donors (Lipinski definition) is 0. The van der Waals surface area contributed by atoms with Gasteiger partial charge < -0.3 is 5.11 Å². The molecule has 1 rings (SSSR count). The maximum atomic E-state index is 10.5. The third kappa shape index (κ3) is 0.763. The first kappa shape index (κ1) is 4.69. The smallest absolute Gasteiger partial charge is 0.0334 e. The van der Waals surface area contributed by atoms with Gasteiger partial charge in [-0.25, -0.2) is 0 Å². The lowest BCUT2D eigenvalue weighted by molar-refractivity contribution is -0.312. The number of hydrogen-bond acceptors (Lipinski definition) is 1. The molecular weight excluding hydrogens is 88.1 g/mol. The molecule has 1 atom stereocenters. The van der Waals surface area contributed by atoms with Crippen LogP contribution >= 0.6 is 0 Å². The minimum atomic E-state index is 0.319. The Bertz CT molecular complexity index is 94.4. The molecule has 0 saturated carbocycles. The van der Waals surface area contributed by atoms with Gasteiger partial charge in [-0.1, -0.05) is 13.0 Å². The van der Waals surface area contributed by atoms with Gasteiger partial charge in [0.25, 0.3) is 0 Å². The van der Waals surface area contributed by atoms with Gasteiger partial charge in [0.05, 0.1) is 0 Å². The molecule has 1 unspecified atom stereocenters. The normalized spacial score (nSPS) is 30.4. The van der Waals surface area contributed by atoms with Gasteiger partial charge in [-0.2, -0.15) is 0 Å². The lowest BCUT2D eigenvalue weighted by Gasteiger charge is -2.11. The van der Waals surface area contributed by atoms with E-state index < -0.39 is 0 Å². The van der Waals surface area contributed by atoms with E-state index in [0.717, 1.165) is 12.8 Å². The molecule has 0 aromatic heterocycles. The average molecular weight is 97.1 g/mol. The number of rotatable bonds is 0. The molecule has 1 aliphatic rings. The van der Waals surface area contributed by atoms with E-state index in [0.29, 0.717) is 11.7 Å². The first-order chi connectivity index (χ1) is 3.30. The van der Waals surface area contributed by atoms with E-state index in [1.165, 1.54) is 0 Å². The molecule has 0 aliphatic heterocycles. The van der Waals surface area contributed by atoms with Crippen LogP contribution in [0.4, 0.5) is 0 Å². The van der Waals surface area contributed by atoms with Gasteiger partial charge in [-0.15, -0.1) is 5.76 Å². The van der Waals surface area contributed by atoms with E-state index in [1.54, 1.807) is 6.08 Å². The van der Waals surface area contributed by atoms with Crippen molar-refractivity contribution in [1.82, 2.24) is 0 Å². The summed E-state index contributed by atoms with van der Waals surface area (Å²) >= 11 is 0. The molecule has 0 N–H and O–H groups in total. The highest BCUT2D eigenvalue weighted by molar-refractivity contribution is 5.00. The lowest BCUT2D eigenvalue weighted by atomic mass is 10.1. The Morgan fingerprint density at radius 3 is 2.71 bits per heavy atom. The molecule has 1 heteroatoms. The summed E-state index contributed by atoms with van der Waals surface area (Å²) < 4.78 is 0. The zero-order chi connectivity index (χ0) is 5.28. The van der Waals surface area contributed by atoms with Crippen molar-refractivity contribution in [2.45, 2.75) is 19.8 Å². The van der Waals surface area contributed by atoms with E-state index in [-0.39, 0.29) is 0 Å². The largest absolute Gasteiger partial charge is 0.875 e. The van der Waals surface area contributed by atoms with Crippen molar-refractivity contribution < 1.29 is 5.11 Å². The molecule has 0 heterocycles. The van der Waals surface area contributed by atoms with Gasteiger partial charge in [0.2, 0.25) is 0 Å². The van der Waals surface area contributed by atoms with Gasteiger partial charge >= 0.3 is 0 Å². The van der Waals surface area contributed by atoms with Crippen molar-refractivity contribution in [3.05, 3.63) is 11.8 Å². The second-order valence-electron chi connectivity index (χ2n) is 2.08. The molecule has 1 nitrogen and oxygen atoms in total. The molecule has 0 aromatic carbocycles. The fourth-order valence-corrected chi connectivity index (χ4v) is 0.819. The first-order valence-electron chi connectivity index (χ1n) is 2.68. The third-order valence-corrected chi connectivity index (χ3v) is 1.43. The molecule has 7 heavy (non-hydrogen) atoms. The maximum Gasteiger partial charge on any atom is -0.0334 e. The van der Waals surface area contributed by atoms with Crippen LogP contribution in [0.15, 0.2) is 11.8 Å². The first-order valence-corrected chi connectivity index (χ1v) is 2.68. The average Bonchev–Trinajstić information content (AvgIpc) is 1.91. The van der Waals surface area contributed by atoms with Gasteiger partial charge in [0, 0.05) is 0 Å². The van der Waals surface area contributed by atoms with Crippen LogP contribution in [0.5, 0.6) is 0 Å². The molecular formula is C6H9O-. The van der Waals surface area contributed by atoms with Crippen molar-refractivity contribution in [2.24, 2.45) is 5.92 Å². The van der Waals surface area contributed by atoms with Crippen molar-refractivity contribution in [3.8, 4) is 0 Å². The summed E-state index contributed by atoms with van der Waals surface area (Å²) in [6.07, 6.45) is 3.85. The lowest BCUT2D eigenvalue weighted by Crippen LogP contribution is -2.07. The van der Waals surface area contributed by atoms with Gasteiger partial charge in [0.1, 0.15) is 0 Å². The van der Waals surface area contributed by atoms with Gasteiger partial charge in [-0.05, 0) is 18.8 Å². The van der Waals surface area contributed by atoms with Crippen LogP contribution in [0.1, 0.15) is 19.8 Å². The van der Waals surface area contributed by atoms with Crippen molar-refractivity contribution in [1.29, 1.82) is 0 Å². The van der Waals surface area contributed by atoms with Gasteiger partial charge in [-0.3, -0.25) is 0 Å². The zero-order valence-corrected chi connectivity index (χ0v) is 4.48. The van der Waals surface area contributed by atoms with E-state index in [9.17, 15) is 5.11 Å². The highest BCUT2D eigenvalue weighted by Crippen LogP contribution is 2.19. The van der Waals surface area contributed by atoms with E-state index in [2.05, 4.69) is 0 Å². The molecule has 0 spiro atoms. The van der Waals surface area contributed by atoms with E-state index >= 15 is 0 Å². The molecule has 40 valence electrons. The second-order valence-corrected chi connectivity index (χ2v) is 2.08. The Morgan fingerprint density at radius 2 is 2.57 bits per heavy atom. The summed E-state index contributed by atoms with van der Waals surface area (Å²) in [5.74, 6) is 0.653.